The van der Waals surface area contributed by atoms with Gasteiger partial charge in [0.05, 0.1) is 9.35 Å². The normalized spacial score (nSPS) is 20.0. The van der Waals surface area contributed by atoms with Crippen LogP contribution in [0.25, 0.3) is 0 Å². The van der Waals surface area contributed by atoms with E-state index in [0.717, 1.165) is 16.6 Å². The molecule has 1 aliphatic rings. The fraction of sp³-hybridized carbons (Fsp3) is 0.500. The average Bonchev–Trinajstić information content (AvgIpc) is 2.85. The Morgan fingerprint density at radius 3 is 3.00 bits per heavy atom. The van der Waals surface area contributed by atoms with Crippen LogP contribution in [0.2, 0.25) is 0 Å². The fourth-order valence-electron chi connectivity index (χ4n) is 2.16. The summed E-state index contributed by atoms with van der Waals surface area (Å²) in [6.07, 6.45) is 2.59. The van der Waals surface area contributed by atoms with Crippen molar-refractivity contribution < 1.29 is 9.59 Å². The smallest absolute Gasteiger partial charge is 0.261 e. The third-order valence-corrected chi connectivity index (χ3v) is 4.47. The van der Waals surface area contributed by atoms with E-state index in [0.29, 0.717) is 24.4 Å². The van der Waals surface area contributed by atoms with Crippen LogP contribution in [0.15, 0.2) is 15.2 Å². The third kappa shape index (κ3) is 2.77. The van der Waals surface area contributed by atoms with Crippen molar-refractivity contribution in [3.8, 4) is 0 Å². The summed E-state index contributed by atoms with van der Waals surface area (Å²) < 4.78 is 0.914. The highest BCUT2D eigenvalue weighted by Gasteiger charge is 2.33. The number of hydrogen-bond donors (Lipinski definition) is 0. The van der Waals surface area contributed by atoms with Crippen molar-refractivity contribution in [2.75, 3.05) is 6.54 Å². The first-order chi connectivity index (χ1) is 8.11. The van der Waals surface area contributed by atoms with E-state index < -0.39 is 0 Å². The van der Waals surface area contributed by atoms with E-state index in [1.165, 1.54) is 16.2 Å². The zero-order chi connectivity index (χ0) is 12.4. The second kappa shape index (κ2) is 5.31. The molecule has 0 bridgehead atoms. The van der Waals surface area contributed by atoms with Crippen molar-refractivity contribution in [1.82, 2.24) is 4.90 Å². The molecule has 1 unspecified atom stereocenters. The maximum Gasteiger partial charge on any atom is 0.261 e. The molecule has 2 heterocycles. The number of hydrogen-bond acceptors (Lipinski definition) is 3. The lowest BCUT2D eigenvalue weighted by molar-refractivity contribution is -0.125. The quantitative estimate of drug-likeness (QED) is 0.803. The number of rotatable bonds is 3. The molecule has 1 aromatic heterocycles. The van der Waals surface area contributed by atoms with E-state index in [9.17, 15) is 9.59 Å². The molecule has 2 amide bonds. The van der Waals surface area contributed by atoms with Gasteiger partial charge in [-0.2, -0.15) is 0 Å². The number of thiophene rings is 1. The van der Waals surface area contributed by atoms with Gasteiger partial charge in [0.1, 0.15) is 0 Å². The van der Waals surface area contributed by atoms with E-state index in [4.69, 9.17) is 0 Å². The lowest BCUT2D eigenvalue weighted by atomic mass is 10.0. The summed E-state index contributed by atoms with van der Waals surface area (Å²) in [5.41, 5.74) is 0.604. The van der Waals surface area contributed by atoms with Gasteiger partial charge in [-0.15, -0.1) is 11.3 Å². The highest BCUT2D eigenvalue weighted by Crippen LogP contribution is 2.26. The van der Waals surface area contributed by atoms with Crippen LogP contribution in [0, 0.1) is 5.92 Å². The maximum absolute atomic E-state index is 12.1. The largest absolute Gasteiger partial charge is 0.278 e. The van der Waals surface area contributed by atoms with Crippen LogP contribution in [0.5, 0.6) is 0 Å². The second-order valence-electron chi connectivity index (χ2n) is 4.31. The van der Waals surface area contributed by atoms with Crippen LogP contribution in [0.4, 0.5) is 0 Å². The third-order valence-electron chi connectivity index (χ3n) is 2.96. The van der Waals surface area contributed by atoms with E-state index >= 15 is 0 Å². The minimum atomic E-state index is -0.157. The highest BCUT2D eigenvalue weighted by molar-refractivity contribution is 9.11. The molecule has 0 aromatic carbocycles. The molecule has 0 spiro atoms. The van der Waals surface area contributed by atoms with Gasteiger partial charge in [-0.3, -0.25) is 14.5 Å². The Morgan fingerprint density at radius 1 is 1.65 bits per heavy atom. The Bertz CT molecular complexity index is 443. The molecule has 1 saturated heterocycles. The molecule has 2 rings (SSSR count). The van der Waals surface area contributed by atoms with Gasteiger partial charge in [0.15, 0.2) is 0 Å². The minimum Gasteiger partial charge on any atom is -0.278 e. The van der Waals surface area contributed by atoms with Gasteiger partial charge >= 0.3 is 0 Å². The van der Waals surface area contributed by atoms with Crippen molar-refractivity contribution in [2.24, 2.45) is 5.92 Å². The number of carbonyl (C=O) groups is 2. The summed E-state index contributed by atoms with van der Waals surface area (Å²) in [6.45, 7) is 2.68. The molecule has 17 heavy (non-hydrogen) atoms. The molecule has 92 valence electrons. The molecular weight excluding hydrogens is 302 g/mol. The summed E-state index contributed by atoms with van der Waals surface area (Å²) in [4.78, 5) is 25.3. The molecule has 1 atom stereocenters. The van der Waals surface area contributed by atoms with E-state index in [-0.39, 0.29) is 11.8 Å². The molecule has 0 radical (unpaired) electrons. The zero-order valence-electron chi connectivity index (χ0n) is 9.61. The minimum absolute atomic E-state index is 0.0317. The first-order valence-electron chi connectivity index (χ1n) is 5.70. The van der Waals surface area contributed by atoms with Crippen LogP contribution >= 0.6 is 27.3 Å². The van der Waals surface area contributed by atoms with Crippen LogP contribution < -0.4 is 0 Å². The van der Waals surface area contributed by atoms with Crippen LogP contribution in [-0.4, -0.2) is 23.3 Å². The molecule has 5 heteroatoms. The molecule has 3 nitrogen and oxygen atoms in total. The van der Waals surface area contributed by atoms with Crippen LogP contribution in [0.3, 0.4) is 0 Å². The van der Waals surface area contributed by atoms with Gasteiger partial charge in [-0.1, -0.05) is 13.3 Å². The Labute approximate surface area is 113 Å². The lowest BCUT2D eigenvalue weighted by Crippen LogP contribution is -2.32. The first-order valence-corrected chi connectivity index (χ1v) is 7.37. The lowest BCUT2D eigenvalue weighted by Gasteiger charge is -2.13. The average molecular weight is 316 g/mol. The molecule has 0 saturated carbocycles. The number of likely N-dealkylation sites (tertiary alicyclic amines) is 1. The standard InChI is InChI=1S/C12H14BrNO2S/c1-2-3-8-4-11(15)14(6-8)12(16)9-5-10(13)17-7-9/h5,7-8H,2-4,6H2,1H3. The predicted octanol–water partition coefficient (Wildman–Crippen LogP) is 3.30. The molecule has 0 aliphatic carbocycles. The molecule has 1 fully saturated rings. The SMILES string of the molecule is CCCC1CC(=O)N(C(=O)c2csc(Br)c2)C1. The van der Waals surface area contributed by atoms with Crippen molar-refractivity contribution >= 4 is 39.1 Å². The summed E-state index contributed by atoms with van der Waals surface area (Å²) in [7, 11) is 0. The van der Waals surface area contributed by atoms with Crippen molar-refractivity contribution in [2.45, 2.75) is 26.2 Å². The van der Waals surface area contributed by atoms with Crippen LogP contribution in [0.1, 0.15) is 36.5 Å². The van der Waals surface area contributed by atoms with Crippen molar-refractivity contribution in [3.05, 3.63) is 20.8 Å². The first kappa shape index (κ1) is 12.8. The number of halogens is 1. The summed E-state index contributed by atoms with van der Waals surface area (Å²) in [6, 6.07) is 1.77. The monoisotopic (exact) mass is 315 g/mol. The zero-order valence-corrected chi connectivity index (χ0v) is 12.0. The molecule has 1 aromatic rings. The van der Waals surface area contributed by atoms with Gasteiger partial charge in [0.2, 0.25) is 5.91 Å². The molecule has 1 aliphatic heterocycles. The van der Waals surface area contributed by atoms with Gasteiger partial charge in [-0.25, -0.2) is 0 Å². The highest BCUT2D eigenvalue weighted by atomic mass is 79.9. The number of nitrogens with zero attached hydrogens (tertiary/aromatic N) is 1. The molecular formula is C12H14BrNO2S. The van der Waals surface area contributed by atoms with E-state index in [1.54, 1.807) is 11.4 Å². The summed E-state index contributed by atoms with van der Waals surface area (Å²) in [5, 5.41) is 1.78. The fourth-order valence-corrected chi connectivity index (χ4v) is 3.29. The van der Waals surface area contributed by atoms with Gasteiger partial charge in [0.25, 0.3) is 5.91 Å². The number of amides is 2. The Balaban J connectivity index is 2.08. The van der Waals surface area contributed by atoms with Crippen molar-refractivity contribution in [3.63, 3.8) is 0 Å². The Kier molecular flexibility index (Phi) is 3.99. The van der Waals surface area contributed by atoms with Crippen LogP contribution in [-0.2, 0) is 4.79 Å². The number of carbonyl (C=O) groups excluding carboxylic acids is 2. The summed E-state index contributed by atoms with van der Waals surface area (Å²) in [5.74, 6) is 0.157. The Morgan fingerprint density at radius 2 is 2.41 bits per heavy atom. The van der Waals surface area contributed by atoms with Gasteiger partial charge in [0, 0.05) is 18.3 Å². The second-order valence-corrected chi connectivity index (χ2v) is 6.60. The van der Waals surface area contributed by atoms with Crippen molar-refractivity contribution in [1.29, 1.82) is 0 Å². The maximum atomic E-state index is 12.1. The van der Waals surface area contributed by atoms with E-state index in [1.807, 2.05) is 0 Å². The topological polar surface area (TPSA) is 37.4 Å². The number of imide groups is 1. The predicted molar refractivity (Wildman–Crippen MR) is 71.1 cm³/mol. The van der Waals surface area contributed by atoms with E-state index in [2.05, 4.69) is 22.9 Å². The van der Waals surface area contributed by atoms with Gasteiger partial charge in [-0.05, 0) is 34.3 Å². The van der Waals surface area contributed by atoms with Gasteiger partial charge < -0.3 is 0 Å². The Hall–Kier alpha value is -0.680. The summed E-state index contributed by atoms with van der Waals surface area (Å²) >= 11 is 4.79. The molecule has 0 N–H and O–H groups in total.